The number of aliphatic hydroxyl groups is 1. The number of ether oxygens (including phenoxy) is 1. The van der Waals surface area contributed by atoms with Crippen molar-refractivity contribution in [3.63, 3.8) is 0 Å². The molecular weight excluding hydrogens is 1520 g/mol. The van der Waals surface area contributed by atoms with Gasteiger partial charge < -0.3 is 122 Å². The van der Waals surface area contributed by atoms with Crippen molar-refractivity contribution in [2.45, 2.75) is 209 Å². The number of carboxylic acid groups (broad SMARTS) is 4. The molecule has 13 atom stereocenters. The van der Waals surface area contributed by atoms with E-state index in [1.807, 2.05) is 28.2 Å². The number of cyclic esters (lactones) is 1. The number of aliphatic hydroxyl groups excluding tert-OH is 1. The minimum atomic E-state index is -2.52. The number of H-pyrrole nitrogens is 1. The smallest absolute Gasteiger partial charge is 0.329 e. The van der Waals surface area contributed by atoms with Gasteiger partial charge in [-0.2, -0.15) is 0 Å². The standard InChI is InChI=1S/C72H101N17O26/c1-5-6-7-8-9-10-11-22-53(93)81-44(25-38-31-76-42-20-15-13-17-39(38)42)66(108)84-45(27-52(75)92)67(109)86-48(30-59(102)103)68(110)89-61-37(4)115-72(114)49(26-51(91)40-18-12-14-19-41(40)74)87-71(113)60(35(2)24-56(96)97)88-69(111)50(34-90)82-55(95)32-77-63(105)46(28-57(98)99)83-62(104)36(3)79-65(107)47(29-58(100)101)85-64(106)43(21-16-23-73)80-54(94)33-78-70(61)112/h12-15,17-20,31,35-37,43-50,60-61,76,90H,5-11,16,21-30,32-34,73-74H2,1-4H3,(H2,75,92)(H,77,105)(H,78,112)(H,79,107)(H,80,94)(H,81,93)(H,82,95)(H,83,104)(H,84,108)(H,85,106)(H,86,109)(H,87,113)(H,88,111)(H,89,110)(H,96,97)(H,98,99)(H,100,101)(H,102,103)/t35-,36+,37+,43-,44-,45+,46-,47-,48-,49-,50+,60-,61-/m0/s1/i13D,15D,17D,20D,31D. The topological polar surface area (TPSA) is 702 Å². The van der Waals surface area contributed by atoms with Gasteiger partial charge in [0.25, 0.3) is 0 Å². The number of aromatic amines is 1. The van der Waals surface area contributed by atoms with Crippen LogP contribution in [-0.4, -0.2) is 248 Å². The Morgan fingerprint density at radius 2 is 1.13 bits per heavy atom. The van der Waals surface area contributed by atoms with Gasteiger partial charge in [0, 0.05) is 47.6 Å². The number of para-hydroxylation sites is 2. The van der Waals surface area contributed by atoms with E-state index in [2.05, 4.69) is 52.8 Å². The lowest BCUT2D eigenvalue weighted by atomic mass is 9.96. The van der Waals surface area contributed by atoms with E-state index in [0.717, 1.165) is 52.9 Å². The third-order valence-electron chi connectivity index (χ3n) is 17.5. The maximum Gasteiger partial charge on any atom is 0.329 e. The number of anilines is 1. The third kappa shape index (κ3) is 32.5. The van der Waals surface area contributed by atoms with Crippen LogP contribution in [0.4, 0.5) is 5.69 Å². The molecule has 0 unspecified atom stereocenters. The van der Waals surface area contributed by atoms with Crippen molar-refractivity contribution in [3.8, 4) is 0 Å². The van der Waals surface area contributed by atoms with E-state index in [1.165, 1.54) is 24.3 Å². The van der Waals surface area contributed by atoms with Crippen LogP contribution in [0, 0.1) is 5.92 Å². The number of rotatable bonds is 35. The predicted octanol–water partition coefficient (Wildman–Crippen LogP) is -5.62. The number of aliphatic carboxylic acids is 4. The van der Waals surface area contributed by atoms with E-state index in [-0.39, 0.29) is 47.1 Å². The fourth-order valence-electron chi connectivity index (χ4n) is 11.4. The first-order chi connectivity index (χ1) is 56.4. The number of esters is 1. The molecule has 0 bridgehead atoms. The number of carboxylic acids is 4. The van der Waals surface area contributed by atoms with Gasteiger partial charge in [0.05, 0.1) is 58.7 Å². The molecule has 0 radical (unpaired) electrons. The summed E-state index contributed by atoms with van der Waals surface area (Å²) < 4.78 is 48.1. The minimum Gasteiger partial charge on any atom is -0.481 e. The number of primary amides is 1. The van der Waals surface area contributed by atoms with Crippen molar-refractivity contribution in [1.82, 2.24) is 74.1 Å². The van der Waals surface area contributed by atoms with Gasteiger partial charge in [0.1, 0.15) is 72.6 Å². The van der Waals surface area contributed by atoms with Crippen LogP contribution in [0.3, 0.4) is 0 Å². The fourth-order valence-corrected chi connectivity index (χ4v) is 11.4. The SMILES string of the molecule is [2H]c1[nH]c2c([2H])c([2H])c([2H])c([2H])c2c1C[C@H](NC(=O)CCCCCCCCC)C(=O)N[C@H](CC(N)=O)C(=O)N[C@@H](CC(=O)O)C(=O)N[C@@H]1C(=O)NCC(=O)N[C@@H](CCCN)C(=O)N[C@@H](CC(=O)O)C(=O)N[C@H](C)C(=O)N[C@@H](CC(=O)O)C(=O)NCC(=O)N[C@H](CO)C(=O)N[C@@H]([C@@H](C)CC(=O)O)C(=O)N[C@@H](CC(=O)c2ccccc2N)C(=O)O[C@@H]1C. The Morgan fingerprint density at radius 3 is 1.73 bits per heavy atom. The number of nitrogens with one attached hydrogen (secondary N) is 14. The number of hydrogen-bond donors (Lipinski definition) is 22. The van der Waals surface area contributed by atoms with Crippen molar-refractivity contribution in [2.75, 3.05) is 32.0 Å². The molecular formula is C72H101N17O26. The summed E-state index contributed by atoms with van der Waals surface area (Å²) in [6.45, 7) is 0.877. The zero-order valence-electron chi connectivity index (χ0n) is 68.2. The first-order valence-electron chi connectivity index (χ1n) is 38.9. The number of ketones is 1. The maximum absolute atomic E-state index is 14.9. The number of hydrogen-bond acceptors (Lipinski definition) is 24. The highest BCUT2D eigenvalue weighted by Crippen LogP contribution is 2.22. The Balaban J connectivity index is 1.91. The summed E-state index contributed by atoms with van der Waals surface area (Å²) in [7, 11) is 0. The highest BCUT2D eigenvalue weighted by atomic mass is 16.5. The predicted molar refractivity (Wildman–Crippen MR) is 400 cm³/mol. The zero-order valence-corrected chi connectivity index (χ0v) is 63.2. The van der Waals surface area contributed by atoms with Crippen molar-refractivity contribution in [1.29, 1.82) is 0 Å². The van der Waals surface area contributed by atoms with Gasteiger partial charge in [-0.25, -0.2) is 4.79 Å². The van der Waals surface area contributed by atoms with Crippen LogP contribution in [0.15, 0.2) is 54.6 Å². The normalized spacial score (nSPS) is 21.8. The number of carbonyl (C=O) groups excluding carboxylic acids is 16. The van der Waals surface area contributed by atoms with Gasteiger partial charge in [-0.3, -0.25) is 91.1 Å². The molecule has 43 nitrogen and oxygen atoms in total. The molecule has 2 aromatic carbocycles. The average molecular weight is 1630 g/mol. The van der Waals surface area contributed by atoms with E-state index in [4.69, 9.17) is 28.8 Å². The van der Waals surface area contributed by atoms with Gasteiger partial charge in [-0.15, -0.1) is 0 Å². The number of carbonyl (C=O) groups is 20. The summed E-state index contributed by atoms with van der Waals surface area (Å²) in [4.78, 5) is 276. The molecule has 115 heavy (non-hydrogen) atoms. The van der Waals surface area contributed by atoms with Crippen LogP contribution in [0.25, 0.3) is 10.9 Å². The van der Waals surface area contributed by atoms with Crippen molar-refractivity contribution in [2.24, 2.45) is 17.4 Å². The molecule has 25 N–H and O–H groups in total. The summed E-state index contributed by atoms with van der Waals surface area (Å²) in [6.07, 6.45) is -6.25. The lowest BCUT2D eigenvalue weighted by Gasteiger charge is -2.30. The number of amides is 14. The van der Waals surface area contributed by atoms with E-state index in [1.54, 1.807) is 0 Å². The molecule has 0 saturated carbocycles. The van der Waals surface area contributed by atoms with Gasteiger partial charge in [0.2, 0.25) is 82.7 Å². The third-order valence-corrected chi connectivity index (χ3v) is 17.5. The number of aromatic nitrogens is 1. The lowest BCUT2D eigenvalue weighted by molar-refractivity contribution is -0.156. The fraction of sp³-hybridized carbons (Fsp3) is 0.528. The average Bonchev–Trinajstić information content (AvgIpc) is 1.57. The summed E-state index contributed by atoms with van der Waals surface area (Å²) in [5, 5.41) is 77.2. The molecule has 3 aromatic rings. The summed E-state index contributed by atoms with van der Waals surface area (Å²) in [6, 6.07) is -21.2. The Bertz CT molecular complexity index is 4350. The molecule has 4 rings (SSSR count). The maximum atomic E-state index is 14.9. The molecule has 43 heteroatoms. The first kappa shape index (κ1) is 86.3. The number of nitrogen functional groups attached to an aromatic ring is 1. The van der Waals surface area contributed by atoms with Crippen LogP contribution in [0.5, 0.6) is 0 Å². The summed E-state index contributed by atoms with van der Waals surface area (Å²) in [5.41, 5.74) is 16.3. The Morgan fingerprint density at radius 1 is 0.583 bits per heavy atom. The van der Waals surface area contributed by atoms with Gasteiger partial charge >= 0.3 is 29.8 Å². The summed E-state index contributed by atoms with van der Waals surface area (Å²) in [5.74, 6) is -31.0. The Kier molecular flexibility index (Phi) is 35.7. The molecule has 0 aliphatic carbocycles. The number of nitrogens with two attached hydrogens (primary N) is 3. The number of fused-ring (bicyclic) bond motifs is 1. The lowest BCUT2D eigenvalue weighted by Crippen LogP contribution is -2.62. The van der Waals surface area contributed by atoms with Crippen molar-refractivity contribution < 1.29 is 133 Å². The highest BCUT2D eigenvalue weighted by molar-refractivity contribution is 6.05. The van der Waals surface area contributed by atoms with E-state index < -0.39 is 298 Å². The van der Waals surface area contributed by atoms with Crippen molar-refractivity contribution in [3.05, 3.63) is 65.7 Å². The van der Waals surface area contributed by atoms with Crippen LogP contribution < -0.4 is 86.3 Å². The molecule has 1 saturated heterocycles. The largest absolute Gasteiger partial charge is 0.481 e. The second-order valence-corrected chi connectivity index (χ2v) is 26.9. The van der Waals surface area contributed by atoms with Gasteiger partial charge in [0.15, 0.2) is 5.78 Å². The van der Waals surface area contributed by atoms with E-state index in [9.17, 15) is 121 Å². The zero-order chi connectivity index (χ0) is 90.1. The molecule has 1 aliphatic rings. The number of unbranched alkanes of at least 4 members (excludes halogenated alkanes) is 6. The molecule has 1 aromatic heterocycles. The molecule has 14 amide bonds. The van der Waals surface area contributed by atoms with E-state index >= 15 is 0 Å². The van der Waals surface area contributed by atoms with Gasteiger partial charge in [-0.1, -0.05) is 82.6 Å². The highest BCUT2D eigenvalue weighted by Gasteiger charge is 2.41. The molecule has 1 fully saturated rings. The van der Waals surface area contributed by atoms with E-state index in [0.29, 0.717) is 12.8 Å². The van der Waals surface area contributed by atoms with Crippen LogP contribution in [0.1, 0.15) is 153 Å². The molecule has 1 aliphatic heterocycles. The Labute approximate surface area is 664 Å². The second kappa shape index (κ2) is 47.6. The monoisotopic (exact) mass is 1620 g/mol. The summed E-state index contributed by atoms with van der Waals surface area (Å²) >= 11 is 0. The molecule has 2 heterocycles. The second-order valence-electron chi connectivity index (χ2n) is 26.9. The van der Waals surface area contributed by atoms with Crippen LogP contribution in [-0.2, 0) is 102 Å². The number of Topliss-reactive ketones (excluding diaryl/α,β-unsaturated/α-hetero) is 1. The first-order valence-corrected chi connectivity index (χ1v) is 36.4. The Hall–Kier alpha value is -12.7. The molecule has 630 valence electrons. The number of benzene rings is 2. The van der Waals surface area contributed by atoms with Crippen LogP contribution >= 0.6 is 0 Å². The quantitative estimate of drug-likeness (QED) is 0.0113. The molecule has 0 spiro atoms. The van der Waals surface area contributed by atoms with Crippen molar-refractivity contribution >= 4 is 135 Å². The van der Waals surface area contributed by atoms with Crippen LogP contribution in [0.2, 0.25) is 0 Å². The minimum absolute atomic E-state index is 0.122. The van der Waals surface area contributed by atoms with Gasteiger partial charge in [-0.05, 0) is 69.3 Å².